The van der Waals surface area contributed by atoms with Crippen LogP contribution in [0, 0.1) is 5.41 Å². The van der Waals surface area contributed by atoms with Crippen molar-refractivity contribution in [3.05, 3.63) is 70.2 Å². The molecule has 1 aromatic carbocycles. The highest BCUT2D eigenvalue weighted by molar-refractivity contribution is 7.99. The van der Waals surface area contributed by atoms with E-state index in [0.29, 0.717) is 10.8 Å². The second-order valence-electron chi connectivity index (χ2n) is 8.97. The molecule has 0 unspecified atom stereocenters. The lowest BCUT2D eigenvalue weighted by Gasteiger charge is -2.42. The van der Waals surface area contributed by atoms with Crippen molar-refractivity contribution in [3.8, 4) is 0 Å². The summed E-state index contributed by atoms with van der Waals surface area (Å²) in [7, 11) is 0. The normalized spacial score (nSPS) is 19.1. The van der Waals surface area contributed by atoms with Gasteiger partial charge in [0.2, 0.25) is 5.95 Å². The zero-order valence-corrected chi connectivity index (χ0v) is 20.6. The molecule has 0 saturated carbocycles. The van der Waals surface area contributed by atoms with Gasteiger partial charge in [0.05, 0.1) is 9.92 Å². The van der Waals surface area contributed by atoms with E-state index < -0.39 is 0 Å². The summed E-state index contributed by atoms with van der Waals surface area (Å²) >= 11 is 13.8. The fourth-order valence-electron chi connectivity index (χ4n) is 5.33. The van der Waals surface area contributed by atoms with Crippen LogP contribution in [-0.4, -0.2) is 32.4 Å². The number of pyridine rings is 1. The number of nitrogen functional groups attached to an aromatic ring is 1. The Kier molecular flexibility index (Phi) is 5.37. The van der Waals surface area contributed by atoms with Crippen LogP contribution in [0.3, 0.4) is 0 Å². The van der Waals surface area contributed by atoms with E-state index >= 15 is 0 Å². The Bertz CT molecular complexity index is 1400. The standard InChI is InChI=1S/C24H23Cl2N7S/c25-17-16(5-8-29-20(17)26)34-18-21(28)31-23(33-12-9-30-22(18)33)32-10-6-24(7-11-32)13-14-3-1-2-4-15(14)19(24)27/h1-5,8-9,12,19H,6-7,10-11,13,27-28H2/t19-/m1/s1. The summed E-state index contributed by atoms with van der Waals surface area (Å²) in [6.07, 6.45) is 8.35. The Morgan fingerprint density at radius 3 is 2.65 bits per heavy atom. The van der Waals surface area contributed by atoms with Gasteiger partial charge in [-0.05, 0) is 41.9 Å². The van der Waals surface area contributed by atoms with Crippen LogP contribution in [0.2, 0.25) is 10.2 Å². The molecule has 7 nitrogen and oxygen atoms in total. The highest BCUT2D eigenvalue weighted by atomic mass is 35.5. The Hall–Kier alpha value is -2.52. The summed E-state index contributed by atoms with van der Waals surface area (Å²) < 4.78 is 2.00. The first-order valence-corrected chi connectivity index (χ1v) is 12.7. The Morgan fingerprint density at radius 1 is 1.06 bits per heavy atom. The number of hydrogen-bond acceptors (Lipinski definition) is 7. The summed E-state index contributed by atoms with van der Waals surface area (Å²) in [4.78, 5) is 17.2. The van der Waals surface area contributed by atoms with Crippen molar-refractivity contribution >= 4 is 52.4 Å². The predicted molar refractivity (Wildman–Crippen MR) is 137 cm³/mol. The summed E-state index contributed by atoms with van der Waals surface area (Å²) in [5.74, 6) is 1.21. The predicted octanol–water partition coefficient (Wildman–Crippen LogP) is 5.01. The monoisotopic (exact) mass is 511 g/mol. The molecule has 34 heavy (non-hydrogen) atoms. The average molecular weight is 512 g/mol. The third kappa shape index (κ3) is 3.43. The van der Waals surface area contributed by atoms with Gasteiger partial charge < -0.3 is 16.4 Å². The second kappa shape index (κ2) is 8.30. The van der Waals surface area contributed by atoms with Crippen molar-refractivity contribution in [2.24, 2.45) is 11.1 Å². The molecule has 2 aliphatic rings. The lowest BCUT2D eigenvalue weighted by Crippen LogP contribution is -2.45. The Balaban J connectivity index is 1.29. The first kappa shape index (κ1) is 22.0. The average Bonchev–Trinajstić information content (AvgIpc) is 3.43. The SMILES string of the molecule is Nc1nc(N2CCC3(CC2)Cc2ccccc2[C@H]3N)n2ccnc2c1Sc1ccnc(Cl)c1Cl. The van der Waals surface area contributed by atoms with Crippen LogP contribution >= 0.6 is 35.0 Å². The number of hydrogen-bond donors (Lipinski definition) is 2. The van der Waals surface area contributed by atoms with Crippen LogP contribution in [0.5, 0.6) is 0 Å². The number of fused-ring (bicyclic) bond motifs is 2. The fraction of sp³-hybridized carbons (Fsp3) is 0.292. The van der Waals surface area contributed by atoms with Crippen molar-refractivity contribution in [1.29, 1.82) is 0 Å². The van der Waals surface area contributed by atoms with E-state index in [0.717, 1.165) is 53.7 Å². The molecule has 4 aromatic rings. The van der Waals surface area contributed by atoms with Crippen LogP contribution in [-0.2, 0) is 6.42 Å². The molecule has 1 aliphatic heterocycles. The lowest BCUT2D eigenvalue weighted by molar-refractivity contribution is 0.187. The summed E-state index contributed by atoms with van der Waals surface area (Å²) in [6, 6.07) is 10.5. The number of imidazole rings is 1. The number of piperidine rings is 1. The van der Waals surface area contributed by atoms with Gasteiger partial charge in [0.15, 0.2) is 5.65 Å². The molecule has 0 bridgehead atoms. The Morgan fingerprint density at radius 2 is 1.85 bits per heavy atom. The molecule has 1 spiro atoms. The van der Waals surface area contributed by atoms with Gasteiger partial charge in [0.1, 0.15) is 11.0 Å². The summed E-state index contributed by atoms with van der Waals surface area (Å²) in [6.45, 7) is 1.72. The molecular formula is C24H23Cl2N7S. The first-order valence-electron chi connectivity index (χ1n) is 11.2. The van der Waals surface area contributed by atoms with Gasteiger partial charge in [-0.25, -0.2) is 9.97 Å². The second-order valence-corrected chi connectivity index (χ2v) is 10.8. The molecule has 0 amide bonds. The van der Waals surface area contributed by atoms with E-state index in [9.17, 15) is 0 Å². The van der Waals surface area contributed by atoms with E-state index in [4.69, 9.17) is 39.7 Å². The van der Waals surface area contributed by atoms with Gasteiger partial charge in [-0.15, -0.1) is 0 Å². The van der Waals surface area contributed by atoms with Crippen molar-refractivity contribution in [2.45, 2.75) is 35.1 Å². The smallest absolute Gasteiger partial charge is 0.213 e. The number of rotatable bonds is 3. The van der Waals surface area contributed by atoms with Crippen LogP contribution in [0.15, 0.2) is 58.7 Å². The molecule has 1 fully saturated rings. The third-order valence-corrected chi connectivity index (χ3v) is 9.20. The molecule has 1 atom stereocenters. The largest absolute Gasteiger partial charge is 0.383 e. The Labute approximate surface area is 211 Å². The van der Waals surface area contributed by atoms with Gasteiger partial charge in [0.25, 0.3) is 0 Å². The highest BCUT2D eigenvalue weighted by Crippen LogP contribution is 2.51. The quantitative estimate of drug-likeness (QED) is 0.373. The third-order valence-electron chi connectivity index (χ3n) is 7.17. The molecule has 0 radical (unpaired) electrons. The zero-order chi connectivity index (χ0) is 23.4. The molecule has 10 heteroatoms. The number of aromatic nitrogens is 4. The number of benzene rings is 1. The van der Waals surface area contributed by atoms with Crippen LogP contribution in [0.1, 0.15) is 30.0 Å². The van der Waals surface area contributed by atoms with Crippen LogP contribution in [0.25, 0.3) is 5.65 Å². The van der Waals surface area contributed by atoms with Gasteiger partial charge >= 0.3 is 0 Å². The molecule has 174 valence electrons. The lowest BCUT2D eigenvalue weighted by atomic mass is 9.73. The van der Waals surface area contributed by atoms with Gasteiger partial charge in [-0.2, -0.15) is 4.98 Å². The van der Waals surface area contributed by atoms with Crippen LogP contribution < -0.4 is 16.4 Å². The number of nitrogens with zero attached hydrogens (tertiary/aromatic N) is 5. The minimum atomic E-state index is 0.0767. The van der Waals surface area contributed by atoms with Crippen molar-refractivity contribution in [3.63, 3.8) is 0 Å². The molecule has 3 aromatic heterocycles. The molecule has 1 aliphatic carbocycles. The molecule has 4 N–H and O–H groups in total. The highest BCUT2D eigenvalue weighted by Gasteiger charge is 2.46. The molecular weight excluding hydrogens is 489 g/mol. The first-order chi connectivity index (χ1) is 16.5. The van der Waals surface area contributed by atoms with E-state index in [1.54, 1.807) is 18.5 Å². The van der Waals surface area contributed by atoms with Gasteiger partial charge in [-0.3, -0.25) is 4.40 Å². The van der Waals surface area contributed by atoms with Gasteiger partial charge in [0, 0.05) is 42.6 Å². The topological polar surface area (TPSA) is 98.4 Å². The number of nitrogens with two attached hydrogens (primary N) is 2. The van der Waals surface area contributed by atoms with Crippen LogP contribution in [0.4, 0.5) is 11.8 Å². The number of halogens is 2. The van der Waals surface area contributed by atoms with Crippen molar-refractivity contribution < 1.29 is 0 Å². The molecule has 6 rings (SSSR count). The fourth-order valence-corrected chi connectivity index (χ4v) is 6.70. The maximum atomic E-state index is 6.76. The summed E-state index contributed by atoms with van der Waals surface area (Å²) in [5, 5.41) is 0.640. The van der Waals surface area contributed by atoms with Crippen molar-refractivity contribution in [1.82, 2.24) is 19.4 Å². The van der Waals surface area contributed by atoms with Gasteiger partial charge in [-0.1, -0.05) is 59.2 Å². The van der Waals surface area contributed by atoms with E-state index in [1.807, 2.05) is 10.6 Å². The molecule has 1 saturated heterocycles. The van der Waals surface area contributed by atoms with Crippen molar-refractivity contribution in [2.75, 3.05) is 23.7 Å². The maximum Gasteiger partial charge on any atom is 0.213 e. The minimum absolute atomic E-state index is 0.0767. The number of anilines is 2. The van der Waals surface area contributed by atoms with E-state index in [1.165, 1.54) is 22.9 Å². The minimum Gasteiger partial charge on any atom is -0.383 e. The molecule has 4 heterocycles. The zero-order valence-electron chi connectivity index (χ0n) is 18.3. The maximum absolute atomic E-state index is 6.76. The summed E-state index contributed by atoms with van der Waals surface area (Å²) in [5.41, 5.74) is 16.7. The van der Waals surface area contributed by atoms with E-state index in [2.05, 4.69) is 39.1 Å². The van der Waals surface area contributed by atoms with E-state index in [-0.39, 0.29) is 16.6 Å².